The largest absolute Gasteiger partial charge is 0.285 e. The molecule has 1 N–H and O–H groups in total. The molecular formula is C25H17Cl4N3O3S. The fraction of sp³-hybridized carbons (Fsp3) is 0.120. The maximum absolute atomic E-state index is 13.4. The van der Waals surface area contributed by atoms with Gasteiger partial charge in [-0.1, -0.05) is 52.5 Å². The Labute approximate surface area is 227 Å². The van der Waals surface area contributed by atoms with E-state index in [-0.39, 0.29) is 10.6 Å². The Kier molecular flexibility index (Phi) is 6.78. The molecule has 4 aromatic rings. The third-order valence-corrected chi connectivity index (χ3v) is 8.25. The second-order valence-corrected chi connectivity index (χ2v) is 11.6. The van der Waals surface area contributed by atoms with Crippen molar-refractivity contribution in [3.8, 4) is 16.9 Å². The third-order valence-electron chi connectivity index (χ3n) is 5.88. The number of fused-ring (bicyclic) bond motifs is 3. The lowest BCUT2D eigenvalue weighted by molar-refractivity contribution is 0.0975. The minimum atomic E-state index is -4.16. The number of benzene rings is 3. The molecule has 0 aliphatic heterocycles. The van der Waals surface area contributed by atoms with Gasteiger partial charge >= 0.3 is 0 Å². The van der Waals surface area contributed by atoms with Crippen LogP contribution in [0.15, 0.2) is 65.6 Å². The quantitative estimate of drug-likeness (QED) is 0.289. The molecule has 0 atom stereocenters. The highest BCUT2D eigenvalue weighted by Gasteiger charge is 2.30. The van der Waals surface area contributed by atoms with Crippen molar-refractivity contribution in [1.29, 1.82) is 0 Å². The molecule has 1 heterocycles. The molecule has 3 aromatic carbocycles. The Balaban J connectivity index is 1.67. The van der Waals surface area contributed by atoms with E-state index in [4.69, 9.17) is 46.4 Å². The van der Waals surface area contributed by atoms with Crippen LogP contribution >= 0.6 is 46.4 Å². The van der Waals surface area contributed by atoms with E-state index in [1.807, 2.05) is 12.1 Å². The SMILES string of the molecule is O=C(NS(=O)(=O)c1ccc(Cl)cc1)c1nn(-c2ccc(Cl)cc2Cl)c2c1CCCc1cc(Cl)ccc1-2. The van der Waals surface area contributed by atoms with Gasteiger partial charge in [0, 0.05) is 26.2 Å². The first-order chi connectivity index (χ1) is 17.1. The highest BCUT2D eigenvalue weighted by atomic mass is 35.5. The standard InChI is InChI=1S/C25H17Cl4N3O3S/c26-15-4-8-18(9-5-15)36(34,35)31-25(33)23-20-3-1-2-14-12-16(27)6-10-19(14)24(20)32(30-23)22-11-7-17(28)13-21(22)29/h4-13H,1-3H2,(H,31,33). The monoisotopic (exact) mass is 579 g/mol. The van der Waals surface area contributed by atoms with Crippen LogP contribution in [0.2, 0.25) is 20.1 Å². The summed E-state index contributed by atoms with van der Waals surface area (Å²) in [7, 11) is -4.16. The molecule has 1 amide bonds. The zero-order chi connectivity index (χ0) is 25.6. The number of rotatable bonds is 4. The third kappa shape index (κ3) is 4.74. The van der Waals surface area contributed by atoms with Crippen molar-refractivity contribution in [3.63, 3.8) is 0 Å². The van der Waals surface area contributed by atoms with Gasteiger partial charge in [-0.2, -0.15) is 5.10 Å². The number of hydrogen-bond acceptors (Lipinski definition) is 4. The summed E-state index contributed by atoms with van der Waals surface area (Å²) in [6, 6.07) is 16.0. The van der Waals surface area contributed by atoms with Gasteiger partial charge in [0.2, 0.25) is 0 Å². The minimum Gasteiger partial charge on any atom is -0.266 e. The molecular weight excluding hydrogens is 564 g/mol. The van der Waals surface area contributed by atoms with Crippen molar-refractivity contribution in [2.45, 2.75) is 24.2 Å². The zero-order valence-corrected chi connectivity index (χ0v) is 22.3. The molecule has 36 heavy (non-hydrogen) atoms. The normalized spacial score (nSPS) is 13.0. The van der Waals surface area contributed by atoms with E-state index in [9.17, 15) is 13.2 Å². The van der Waals surface area contributed by atoms with Crippen LogP contribution in [0.25, 0.3) is 16.9 Å². The van der Waals surface area contributed by atoms with E-state index < -0.39 is 15.9 Å². The van der Waals surface area contributed by atoms with E-state index in [2.05, 4.69) is 9.82 Å². The summed E-state index contributed by atoms with van der Waals surface area (Å²) in [5, 5.41) is 6.31. The van der Waals surface area contributed by atoms with E-state index in [1.165, 1.54) is 24.3 Å². The lowest BCUT2D eigenvalue weighted by atomic mass is 10.0. The number of nitrogens with zero attached hydrogens (tertiary/aromatic N) is 2. The second-order valence-electron chi connectivity index (χ2n) is 8.23. The average Bonchev–Trinajstić information content (AvgIpc) is 3.08. The molecule has 1 aromatic heterocycles. The number of aryl methyl sites for hydroxylation is 1. The van der Waals surface area contributed by atoms with Gasteiger partial charge in [0.25, 0.3) is 15.9 Å². The van der Waals surface area contributed by atoms with Gasteiger partial charge in [0.15, 0.2) is 5.69 Å². The molecule has 0 unspecified atom stereocenters. The Hall–Kier alpha value is -2.55. The maximum Gasteiger partial charge on any atom is 0.285 e. The fourth-order valence-corrected chi connectivity index (χ4v) is 6.03. The summed E-state index contributed by atoms with van der Waals surface area (Å²) in [6.45, 7) is 0. The number of nitrogens with one attached hydrogen (secondary N) is 1. The van der Waals surface area contributed by atoms with Crippen LogP contribution in [0.4, 0.5) is 0 Å². The van der Waals surface area contributed by atoms with E-state index >= 15 is 0 Å². The fourth-order valence-electron chi connectivity index (χ4n) is 4.27. The molecule has 6 nitrogen and oxygen atoms in total. The van der Waals surface area contributed by atoms with Gasteiger partial charge in [0.1, 0.15) is 0 Å². The zero-order valence-electron chi connectivity index (χ0n) is 18.4. The lowest BCUT2D eigenvalue weighted by Gasteiger charge is -2.13. The number of hydrogen-bond donors (Lipinski definition) is 1. The summed E-state index contributed by atoms with van der Waals surface area (Å²) in [5.74, 6) is -0.845. The Morgan fingerprint density at radius 1 is 0.861 bits per heavy atom. The summed E-state index contributed by atoms with van der Waals surface area (Å²) in [6.07, 6.45) is 1.93. The highest BCUT2D eigenvalue weighted by molar-refractivity contribution is 7.90. The van der Waals surface area contributed by atoms with Gasteiger partial charge in [-0.15, -0.1) is 0 Å². The smallest absolute Gasteiger partial charge is 0.266 e. The lowest BCUT2D eigenvalue weighted by Crippen LogP contribution is -2.31. The van der Waals surface area contributed by atoms with Crippen LogP contribution in [0.1, 0.15) is 28.0 Å². The number of carbonyl (C=O) groups excluding carboxylic acids is 1. The topological polar surface area (TPSA) is 81.1 Å². The van der Waals surface area contributed by atoms with E-state index in [0.29, 0.717) is 49.9 Å². The molecule has 1 aliphatic carbocycles. The molecule has 0 bridgehead atoms. The maximum atomic E-state index is 13.4. The van der Waals surface area contributed by atoms with Crippen molar-refractivity contribution < 1.29 is 13.2 Å². The van der Waals surface area contributed by atoms with Crippen LogP contribution in [0, 0.1) is 0 Å². The molecule has 0 radical (unpaired) electrons. The van der Waals surface area contributed by atoms with Crippen LogP contribution in [-0.2, 0) is 22.9 Å². The number of carbonyl (C=O) groups is 1. The Morgan fingerprint density at radius 3 is 2.25 bits per heavy atom. The van der Waals surface area contributed by atoms with E-state index in [1.54, 1.807) is 28.9 Å². The van der Waals surface area contributed by atoms with E-state index in [0.717, 1.165) is 17.5 Å². The van der Waals surface area contributed by atoms with Gasteiger partial charge in [-0.25, -0.2) is 17.8 Å². The van der Waals surface area contributed by atoms with Gasteiger partial charge in [0.05, 0.1) is 21.3 Å². The first-order valence-electron chi connectivity index (χ1n) is 10.8. The number of aromatic nitrogens is 2. The molecule has 5 rings (SSSR count). The Bertz CT molecular complexity index is 1620. The molecule has 0 fully saturated rings. The van der Waals surface area contributed by atoms with Gasteiger partial charge < -0.3 is 0 Å². The predicted octanol–water partition coefficient (Wildman–Crippen LogP) is 6.76. The number of amides is 1. The van der Waals surface area contributed by atoms with Crippen molar-refractivity contribution >= 4 is 62.3 Å². The van der Waals surface area contributed by atoms with Crippen molar-refractivity contribution in [2.24, 2.45) is 0 Å². The predicted molar refractivity (Wildman–Crippen MR) is 142 cm³/mol. The first kappa shape index (κ1) is 25.1. The molecule has 0 spiro atoms. The number of sulfonamides is 1. The summed E-state index contributed by atoms with van der Waals surface area (Å²) < 4.78 is 29.5. The van der Waals surface area contributed by atoms with Crippen molar-refractivity contribution in [2.75, 3.05) is 0 Å². The summed E-state index contributed by atoms with van der Waals surface area (Å²) in [5.41, 5.74) is 3.60. The molecule has 1 aliphatic rings. The first-order valence-corrected chi connectivity index (χ1v) is 13.8. The Morgan fingerprint density at radius 2 is 1.53 bits per heavy atom. The summed E-state index contributed by atoms with van der Waals surface area (Å²) >= 11 is 24.7. The molecule has 0 saturated carbocycles. The van der Waals surface area contributed by atoms with Crippen LogP contribution < -0.4 is 4.72 Å². The van der Waals surface area contributed by atoms with Gasteiger partial charge in [-0.05, 0) is 79.4 Å². The molecule has 11 heteroatoms. The molecule has 184 valence electrons. The summed E-state index contributed by atoms with van der Waals surface area (Å²) in [4.78, 5) is 13.3. The van der Waals surface area contributed by atoms with Gasteiger partial charge in [-0.3, -0.25) is 4.79 Å². The average molecular weight is 581 g/mol. The minimum absolute atomic E-state index is 0.00337. The van der Waals surface area contributed by atoms with Crippen molar-refractivity contribution in [3.05, 3.63) is 97.6 Å². The second kappa shape index (κ2) is 9.72. The highest BCUT2D eigenvalue weighted by Crippen LogP contribution is 2.38. The molecule has 0 saturated heterocycles. The van der Waals surface area contributed by atoms with Crippen LogP contribution in [-0.4, -0.2) is 24.1 Å². The van der Waals surface area contributed by atoms with Crippen LogP contribution in [0.5, 0.6) is 0 Å². The number of halogens is 4. The van der Waals surface area contributed by atoms with Crippen LogP contribution in [0.3, 0.4) is 0 Å². The van der Waals surface area contributed by atoms with Crippen molar-refractivity contribution in [1.82, 2.24) is 14.5 Å².